The molecule has 27 heavy (non-hydrogen) atoms. The molecule has 0 spiro atoms. The first kappa shape index (κ1) is 19.4. The minimum atomic E-state index is -4.77. The first-order valence-corrected chi connectivity index (χ1v) is 8.75. The second kappa shape index (κ2) is 6.99. The first-order chi connectivity index (χ1) is 12.6. The van der Waals surface area contributed by atoms with E-state index in [0.29, 0.717) is 17.8 Å². The predicted octanol–water partition coefficient (Wildman–Crippen LogP) is 6.30. The Bertz CT molecular complexity index is 1030. The average Bonchev–Trinajstić information content (AvgIpc) is 2.88. The van der Waals surface area contributed by atoms with Gasteiger partial charge in [-0.25, -0.2) is 4.39 Å². The van der Waals surface area contributed by atoms with Gasteiger partial charge in [-0.05, 0) is 46.6 Å². The zero-order valence-corrected chi connectivity index (χ0v) is 15.5. The van der Waals surface area contributed by atoms with Crippen molar-refractivity contribution in [2.45, 2.75) is 25.9 Å². The Balaban J connectivity index is 2.12. The lowest BCUT2D eigenvalue weighted by atomic mass is 9.97. The van der Waals surface area contributed by atoms with Gasteiger partial charge in [0.15, 0.2) is 5.78 Å². The number of allylic oxidation sites excluding steroid dienone is 5. The van der Waals surface area contributed by atoms with Gasteiger partial charge in [-0.2, -0.15) is 13.2 Å². The number of hydrogen-bond acceptors (Lipinski definition) is 3. The Morgan fingerprint density at radius 2 is 2.04 bits per heavy atom. The Labute approximate surface area is 159 Å². The number of furan rings is 1. The minimum Gasteiger partial charge on any atom is -0.506 e. The van der Waals surface area contributed by atoms with E-state index in [1.54, 1.807) is 6.92 Å². The van der Waals surface area contributed by atoms with E-state index in [9.17, 15) is 27.5 Å². The standard InChI is InChI=1S/C19H13BrF4O3/c1-2-14-16(11-8-10(21)4-6-15(11)27-14)17(25)9-3-5-12(19(22,23)24)18(26)13(20)7-9/h4-8,26H,2-3H2,1H3. The van der Waals surface area contributed by atoms with Crippen molar-refractivity contribution < 1.29 is 31.9 Å². The Hall–Kier alpha value is -2.35. The molecule has 1 heterocycles. The summed E-state index contributed by atoms with van der Waals surface area (Å²) in [6.07, 6.45) is -2.88. The van der Waals surface area contributed by atoms with Crippen molar-refractivity contribution in [3.63, 3.8) is 0 Å². The highest BCUT2D eigenvalue weighted by Crippen LogP contribution is 2.38. The van der Waals surface area contributed by atoms with Crippen LogP contribution in [0.5, 0.6) is 0 Å². The number of aryl methyl sites for hydroxylation is 1. The van der Waals surface area contributed by atoms with Crippen LogP contribution < -0.4 is 0 Å². The fourth-order valence-corrected chi connectivity index (χ4v) is 3.39. The molecule has 0 radical (unpaired) electrons. The number of benzene rings is 1. The molecule has 0 aliphatic heterocycles. The largest absolute Gasteiger partial charge is 0.506 e. The summed E-state index contributed by atoms with van der Waals surface area (Å²) < 4.78 is 58.2. The molecule has 0 amide bonds. The van der Waals surface area contributed by atoms with Crippen LogP contribution in [0.2, 0.25) is 0 Å². The monoisotopic (exact) mass is 444 g/mol. The highest BCUT2D eigenvalue weighted by atomic mass is 79.9. The van der Waals surface area contributed by atoms with Crippen LogP contribution >= 0.6 is 15.9 Å². The summed E-state index contributed by atoms with van der Waals surface area (Å²) in [5.74, 6) is -1.83. The van der Waals surface area contributed by atoms with Crippen LogP contribution in [0.15, 0.2) is 56.2 Å². The van der Waals surface area contributed by atoms with Crippen LogP contribution in [0, 0.1) is 5.82 Å². The summed E-state index contributed by atoms with van der Waals surface area (Å²) in [5, 5.41) is 10.1. The molecule has 3 rings (SSSR count). The van der Waals surface area contributed by atoms with Crippen LogP contribution in [0.4, 0.5) is 17.6 Å². The topological polar surface area (TPSA) is 50.4 Å². The number of halogens is 5. The second-order valence-electron chi connectivity index (χ2n) is 5.91. The predicted molar refractivity (Wildman–Crippen MR) is 95.3 cm³/mol. The molecule has 3 nitrogen and oxygen atoms in total. The molecule has 0 unspecified atom stereocenters. The van der Waals surface area contributed by atoms with Crippen LogP contribution in [0.3, 0.4) is 0 Å². The van der Waals surface area contributed by atoms with Crippen molar-refractivity contribution in [3.8, 4) is 0 Å². The van der Waals surface area contributed by atoms with Gasteiger partial charge in [0.2, 0.25) is 0 Å². The fraction of sp³-hybridized carbons (Fsp3) is 0.211. The van der Waals surface area contributed by atoms with E-state index in [1.807, 2.05) is 0 Å². The van der Waals surface area contributed by atoms with Gasteiger partial charge in [-0.1, -0.05) is 13.0 Å². The molecule has 8 heteroatoms. The average molecular weight is 445 g/mol. The molecule has 0 bridgehead atoms. The summed E-state index contributed by atoms with van der Waals surface area (Å²) in [4.78, 5) is 13.0. The quantitative estimate of drug-likeness (QED) is 0.446. The van der Waals surface area contributed by atoms with Gasteiger partial charge >= 0.3 is 6.18 Å². The van der Waals surface area contributed by atoms with Crippen molar-refractivity contribution in [1.29, 1.82) is 0 Å². The molecule has 1 aliphatic rings. The van der Waals surface area contributed by atoms with E-state index >= 15 is 0 Å². The van der Waals surface area contributed by atoms with Gasteiger partial charge in [0, 0.05) is 17.4 Å². The zero-order chi connectivity index (χ0) is 19.9. The molecule has 1 aliphatic carbocycles. The number of ketones is 1. The van der Waals surface area contributed by atoms with E-state index in [-0.39, 0.29) is 27.4 Å². The molecular weight excluding hydrogens is 432 g/mol. The van der Waals surface area contributed by atoms with E-state index in [2.05, 4.69) is 15.9 Å². The number of carbonyl (C=O) groups is 1. The highest BCUT2D eigenvalue weighted by molar-refractivity contribution is 9.11. The van der Waals surface area contributed by atoms with Gasteiger partial charge < -0.3 is 9.52 Å². The number of aliphatic hydroxyl groups is 1. The SMILES string of the molecule is CCc1oc2ccc(F)cc2c1C(=O)C1=CC(Br)=C(O)C(C(F)(F)F)=CC1. The molecule has 1 N–H and O–H groups in total. The lowest BCUT2D eigenvalue weighted by Gasteiger charge is -2.10. The molecule has 0 saturated carbocycles. The summed E-state index contributed by atoms with van der Waals surface area (Å²) in [6.45, 7) is 1.75. The van der Waals surface area contributed by atoms with Crippen molar-refractivity contribution in [1.82, 2.24) is 0 Å². The third-order valence-corrected chi connectivity index (χ3v) is 4.78. The maximum atomic E-state index is 13.6. The van der Waals surface area contributed by atoms with Crippen molar-refractivity contribution in [3.05, 3.63) is 68.9 Å². The number of rotatable bonds is 3. The first-order valence-electron chi connectivity index (χ1n) is 7.96. The molecular formula is C19H13BrF4O3. The number of fused-ring (bicyclic) bond motifs is 1. The molecule has 142 valence electrons. The third-order valence-electron chi connectivity index (χ3n) is 4.18. The highest BCUT2D eigenvalue weighted by Gasteiger charge is 2.38. The lowest BCUT2D eigenvalue weighted by Crippen LogP contribution is -2.14. The van der Waals surface area contributed by atoms with Crippen molar-refractivity contribution in [2.75, 3.05) is 0 Å². The zero-order valence-electron chi connectivity index (χ0n) is 14.0. The molecule has 1 aromatic carbocycles. The van der Waals surface area contributed by atoms with E-state index in [0.717, 1.165) is 18.2 Å². The van der Waals surface area contributed by atoms with Crippen LogP contribution in [0.25, 0.3) is 11.0 Å². The maximum absolute atomic E-state index is 13.6. The van der Waals surface area contributed by atoms with Crippen molar-refractivity contribution >= 4 is 32.7 Å². The normalized spacial score (nSPS) is 15.6. The number of carbonyl (C=O) groups excluding carboxylic acids is 1. The fourth-order valence-electron chi connectivity index (χ4n) is 2.90. The van der Waals surface area contributed by atoms with Gasteiger partial charge in [0.1, 0.15) is 22.9 Å². The minimum absolute atomic E-state index is 0.00864. The molecule has 2 aromatic rings. The van der Waals surface area contributed by atoms with Gasteiger partial charge in [0.05, 0.1) is 15.6 Å². The Morgan fingerprint density at radius 1 is 1.33 bits per heavy atom. The van der Waals surface area contributed by atoms with Gasteiger partial charge in [-0.3, -0.25) is 4.79 Å². The van der Waals surface area contributed by atoms with Gasteiger partial charge in [-0.15, -0.1) is 0 Å². The second-order valence-corrected chi connectivity index (χ2v) is 6.76. The summed E-state index contributed by atoms with van der Waals surface area (Å²) in [5.41, 5.74) is -0.793. The lowest BCUT2D eigenvalue weighted by molar-refractivity contribution is -0.0926. The molecule has 0 fully saturated rings. The van der Waals surface area contributed by atoms with E-state index in [4.69, 9.17) is 4.42 Å². The Kier molecular flexibility index (Phi) is 5.03. The summed E-state index contributed by atoms with van der Waals surface area (Å²) in [7, 11) is 0. The smallest absolute Gasteiger partial charge is 0.419 e. The van der Waals surface area contributed by atoms with Crippen LogP contribution in [-0.4, -0.2) is 17.1 Å². The molecule has 0 saturated heterocycles. The number of hydrogen-bond donors (Lipinski definition) is 1. The maximum Gasteiger partial charge on any atom is 0.419 e. The molecule has 1 aromatic heterocycles. The summed E-state index contributed by atoms with van der Waals surface area (Å²) in [6, 6.07) is 3.74. The summed E-state index contributed by atoms with van der Waals surface area (Å²) >= 11 is 2.88. The van der Waals surface area contributed by atoms with Crippen LogP contribution in [-0.2, 0) is 6.42 Å². The van der Waals surface area contributed by atoms with Crippen LogP contribution in [0.1, 0.15) is 29.5 Å². The van der Waals surface area contributed by atoms with E-state index in [1.165, 1.54) is 12.1 Å². The number of Topliss-reactive ketones (excluding diaryl/α,β-unsaturated/α-hetero) is 1. The third kappa shape index (κ3) is 3.58. The van der Waals surface area contributed by atoms with Gasteiger partial charge in [0.25, 0.3) is 0 Å². The molecule has 0 atom stereocenters. The Morgan fingerprint density at radius 3 is 2.67 bits per heavy atom. The number of alkyl halides is 3. The van der Waals surface area contributed by atoms with Crippen molar-refractivity contribution in [2.24, 2.45) is 0 Å². The van der Waals surface area contributed by atoms with E-state index < -0.39 is 29.1 Å². The number of aliphatic hydroxyl groups excluding tert-OH is 1.